The van der Waals surface area contributed by atoms with Crippen molar-refractivity contribution >= 4 is 17.3 Å². The first-order valence-electron chi connectivity index (χ1n) is 6.84. The molecule has 8 nitrogen and oxygen atoms in total. The predicted octanol–water partition coefficient (Wildman–Crippen LogP) is 0.725. The molecular weight excluding hydrogens is 274 g/mol. The summed E-state index contributed by atoms with van der Waals surface area (Å²) in [5.41, 5.74) is 6.43. The number of nitro benzene ring substituents is 1. The van der Waals surface area contributed by atoms with Gasteiger partial charge >= 0.3 is 0 Å². The van der Waals surface area contributed by atoms with Crippen molar-refractivity contribution in [2.75, 3.05) is 11.9 Å². The largest absolute Gasteiger partial charge is 0.379 e. The molecule has 0 radical (unpaired) electrons. The number of amides is 1. The first-order chi connectivity index (χ1) is 10.1. The van der Waals surface area contributed by atoms with Crippen LogP contribution in [-0.4, -0.2) is 29.6 Å². The summed E-state index contributed by atoms with van der Waals surface area (Å²) in [5.74, 6) is -0.102. The van der Waals surface area contributed by atoms with Gasteiger partial charge < -0.3 is 10.6 Å². The van der Waals surface area contributed by atoms with Gasteiger partial charge in [0.05, 0.1) is 11.1 Å². The van der Waals surface area contributed by atoms with Crippen LogP contribution in [0.3, 0.4) is 0 Å². The second kappa shape index (κ2) is 7.00. The van der Waals surface area contributed by atoms with Crippen LogP contribution in [0.5, 0.6) is 0 Å². The highest BCUT2D eigenvalue weighted by molar-refractivity contribution is 5.77. The summed E-state index contributed by atoms with van der Waals surface area (Å²) in [4.78, 5) is 22.2. The highest BCUT2D eigenvalue weighted by Gasteiger charge is 2.21. The van der Waals surface area contributed by atoms with Gasteiger partial charge in [-0.25, -0.2) is 5.43 Å². The fraction of sp³-hybridized carbons (Fsp3) is 0.462. The van der Waals surface area contributed by atoms with E-state index in [1.807, 2.05) is 6.92 Å². The quantitative estimate of drug-likeness (QED) is 0.455. The predicted molar refractivity (Wildman–Crippen MR) is 78.5 cm³/mol. The lowest BCUT2D eigenvalue weighted by molar-refractivity contribution is -0.384. The number of rotatable bonds is 6. The molecule has 2 atom stereocenters. The van der Waals surface area contributed by atoms with Gasteiger partial charge in [-0.15, -0.1) is 0 Å². The topological polar surface area (TPSA) is 108 Å². The minimum atomic E-state index is -0.447. The molecule has 21 heavy (non-hydrogen) atoms. The average molecular weight is 293 g/mol. The Morgan fingerprint density at radius 3 is 2.86 bits per heavy atom. The lowest BCUT2D eigenvalue weighted by atomic mass is 10.2. The number of carbonyl (C=O) groups is 1. The van der Waals surface area contributed by atoms with Gasteiger partial charge in [-0.1, -0.05) is 12.1 Å². The Kier molecular flexibility index (Phi) is 5.07. The molecule has 1 aromatic carbocycles. The van der Waals surface area contributed by atoms with Crippen molar-refractivity contribution in [1.29, 1.82) is 0 Å². The number of anilines is 1. The molecule has 4 N–H and O–H groups in total. The molecule has 0 aliphatic carbocycles. The van der Waals surface area contributed by atoms with Crippen LogP contribution in [-0.2, 0) is 4.79 Å². The Morgan fingerprint density at radius 2 is 2.19 bits per heavy atom. The summed E-state index contributed by atoms with van der Waals surface area (Å²) in [7, 11) is 0. The Hall–Kier alpha value is -2.19. The summed E-state index contributed by atoms with van der Waals surface area (Å²) >= 11 is 0. The van der Waals surface area contributed by atoms with Gasteiger partial charge in [0.1, 0.15) is 5.69 Å². The first-order valence-corrected chi connectivity index (χ1v) is 6.84. The Morgan fingerprint density at radius 1 is 1.43 bits per heavy atom. The van der Waals surface area contributed by atoms with Crippen LogP contribution in [0.15, 0.2) is 24.3 Å². The Bertz CT molecular complexity index is 522. The van der Waals surface area contributed by atoms with Crippen LogP contribution in [0, 0.1) is 10.1 Å². The third-order valence-electron chi connectivity index (χ3n) is 3.20. The average Bonchev–Trinajstić information content (AvgIpc) is 2.84. The summed E-state index contributed by atoms with van der Waals surface area (Å²) < 4.78 is 0. The van der Waals surface area contributed by atoms with Gasteiger partial charge in [-0.05, 0) is 19.4 Å². The Labute approximate surface area is 122 Å². The highest BCUT2D eigenvalue weighted by atomic mass is 16.6. The number of hydrogen-bond acceptors (Lipinski definition) is 6. The lowest BCUT2D eigenvalue weighted by Gasteiger charge is -2.12. The molecule has 1 saturated heterocycles. The molecule has 1 aliphatic heterocycles. The highest BCUT2D eigenvalue weighted by Crippen LogP contribution is 2.22. The number of nitrogens with one attached hydrogen (secondary N) is 4. The van der Waals surface area contributed by atoms with E-state index in [1.54, 1.807) is 18.2 Å². The molecule has 2 rings (SSSR count). The third-order valence-corrected chi connectivity index (χ3v) is 3.20. The number of carbonyl (C=O) groups excluding carboxylic acids is 1. The molecular formula is C13H19N5O3. The lowest BCUT2D eigenvalue weighted by Crippen LogP contribution is -2.44. The summed E-state index contributed by atoms with van der Waals surface area (Å²) in [5, 5.41) is 16.6. The zero-order valence-corrected chi connectivity index (χ0v) is 11.8. The van der Waals surface area contributed by atoms with E-state index < -0.39 is 4.92 Å². The van der Waals surface area contributed by atoms with Gasteiger partial charge in [0.15, 0.2) is 0 Å². The van der Waals surface area contributed by atoms with E-state index in [0.717, 1.165) is 6.42 Å². The standard InChI is InChI=1S/C13H19N5O3/c1-9-8-12(17-16-9)15-13(19)6-7-14-10-4-2-3-5-11(10)18(20)21/h2-5,9,12,14,16-17H,6-8H2,1H3,(H,15,19). The van der Waals surface area contributed by atoms with Gasteiger partial charge in [0.25, 0.3) is 5.69 Å². The maximum atomic E-state index is 11.8. The monoisotopic (exact) mass is 293 g/mol. The summed E-state index contributed by atoms with van der Waals surface area (Å²) in [6.45, 7) is 2.36. The van der Waals surface area contributed by atoms with Crippen molar-refractivity contribution in [1.82, 2.24) is 16.2 Å². The zero-order valence-electron chi connectivity index (χ0n) is 11.8. The van der Waals surface area contributed by atoms with Crippen molar-refractivity contribution < 1.29 is 9.72 Å². The van der Waals surface area contributed by atoms with Crippen LogP contribution in [0.2, 0.25) is 0 Å². The second-order valence-electron chi connectivity index (χ2n) is 5.00. The molecule has 0 aromatic heterocycles. The molecule has 0 saturated carbocycles. The molecule has 1 fully saturated rings. The summed E-state index contributed by atoms with van der Waals surface area (Å²) in [6.07, 6.45) is 1.00. The van der Waals surface area contributed by atoms with Crippen molar-refractivity contribution in [2.24, 2.45) is 0 Å². The number of hydrazine groups is 1. The van der Waals surface area contributed by atoms with E-state index in [2.05, 4.69) is 21.5 Å². The van der Waals surface area contributed by atoms with Crippen molar-refractivity contribution in [3.63, 3.8) is 0 Å². The van der Waals surface area contributed by atoms with Crippen LogP contribution in [0.4, 0.5) is 11.4 Å². The zero-order chi connectivity index (χ0) is 15.2. The number of para-hydroxylation sites is 2. The fourth-order valence-corrected chi connectivity index (χ4v) is 2.17. The van der Waals surface area contributed by atoms with Crippen molar-refractivity contribution in [3.8, 4) is 0 Å². The van der Waals surface area contributed by atoms with Gasteiger partial charge in [0.2, 0.25) is 5.91 Å². The van der Waals surface area contributed by atoms with Crippen molar-refractivity contribution in [2.45, 2.75) is 32.0 Å². The first kappa shape index (κ1) is 15.2. The van der Waals surface area contributed by atoms with Crippen molar-refractivity contribution in [3.05, 3.63) is 34.4 Å². The molecule has 1 aliphatic rings. The molecule has 0 spiro atoms. The minimum absolute atomic E-state index is 0.00777. The van der Waals surface area contributed by atoms with Gasteiger partial charge in [-0.3, -0.25) is 20.3 Å². The minimum Gasteiger partial charge on any atom is -0.379 e. The van der Waals surface area contributed by atoms with E-state index >= 15 is 0 Å². The van der Waals surface area contributed by atoms with Crippen LogP contribution in [0.1, 0.15) is 19.8 Å². The maximum absolute atomic E-state index is 11.8. The smallest absolute Gasteiger partial charge is 0.292 e. The SMILES string of the molecule is CC1CC(NC(=O)CCNc2ccccc2[N+](=O)[O-])NN1. The number of nitro groups is 1. The van der Waals surface area contributed by atoms with Crippen LogP contribution >= 0.6 is 0 Å². The fourth-order valence-electron chi connectivity index (χ4n) is 2.17. The van der Waals surface area contributed by atoms with Crippen LogP contribution < -0.4 is 21.5 Å². The van der Waals surface area contributed by atoms with E-state index in [-0.39, 0.29) is 24.2 Å². The summed E-state index contributed by atoms with van der Waals surface area (Å²) in [6, 6.07) is 6.69. The molecule has 114 valence electrons. The third kappa shape index (κ3) is 4.40. The number of hydrogen-bond donors (Lipinski definition) is 4. The normalized spacial score (nSPS) is 21.0. The van der Waals surface area contributed by atoms with E-state index in [4.69, 9.17) is 0 Å². The van der Waals surface area contributed by atoms with Gasteiger partial charge in [0, 0.05) is 25.1 Å². The van der Waals surface area contributed by atoms with E-state index in [9.17, 15) is 14.9 Å². The molecule has 1 aromatic rings. The number of nitrogens with zero attached hydrogens (tertiary/aromatic N) is 1. The molecule has 1 amide bonds. The van der Waals surface area contributed by atoms with E-state index in [0.29, 0.717) is 18.3 Å². The van der Waals surface area contributed by atoms with Gasteiger partial charge in [-0.2, -0.15) is 0 Å². The maximum Gasteiger partial charge on any atom is 0.292 e. The molecule has 1 heterocycles. The van der Waals surface area contributed by atoms with E-state index in [1.165, 1.54) is 6.07 Å². The Balaban J connectivity index is 1.76. The number of benzene rings is 1. The van der Waals surface area contributed by atoms with Crippen LogP contribution in [0.25, 0.3) is 0 Å². The molecule has 0 bridgehead atoms. The molecule has 2 unspecified atom stereocenters. The molecule has 8 heteroatoms. The second-order valence-corrected chi connectivity index (χ2v) is 5.00.